The van der Waals surface area contributed by atoms with Gasteiger partial charge in [-0.25, -0.2) is 18.1 Å². The zero-order valence-electron chi connectivity index (χ0n) is 11.5. The first-order valence-electron chi connectivity index (χ1n) is 6.53. The smallest absolute Gasteiger partial charge is 0.303 e. The van der Waals surface area contributed by atoms with Gasteiger partial charge in [-0.05, 0) is 24.5 Å². The van der Waals surface area contributed by atoms with E-state index in [1.165, 1.54) is 6.20 Å². The van der Waals surface area contributed by atoms with Crippen LogP contribution in [-0.4, -0.2) is 36.0 Å². The first-order chi connectivity index (χ1) is 9.90. The van der Waals surface area contributed by atoms with Crippen molar-refractivity contribution < 1.29 is 18.3 Å². The molecule has 0 bridgehead atoms. The van der Waals surface area contributed by atoms with Crippen molar-refractivity contribution in [1.29, 1.82) is 0 Å². The molecule has 1 unspecified atom stereocenters. The number of aromatic nitrogens is 2. The summed E-state index contributed by atoms with van der Waals surface area (Å²) in [6.07, 6.45) is 3.44. The first-order valence-corrected chi connectivity index (χ1v) is 8.02. The average molecular weight is 311 g/mol. The van der Waals surface area contributed by atoms with Crippen LogP contribution in [0.5, 0.6) is 0 Å². The largest absolute Gasteiger partial charge is 0.481 e. The molecule has 21 heavy (non-hydrogen) atoms. The number of nitrogens with zero attached hydrogens (tertiary/aromatic N) is 1. The lowest BCUT2D eigenvalue weighted by Gasteiger charge is -2.11. The molecule has 2 aromatic heterocycles. The molecule has 0 amide bonds. The summed E-state index contributed by atoms with van der Waals surface area (Å²) < 4.78 is 27.1. The summed E-state index contributed by atoms with van der Waals surface area (Å²) in [7, 11) is -3.65. The fourth-order valence-electron chi connectivity index (χ4n) is 1.95. The number of carboxylic acid groups (broad SMARTS) is 1. The number of nitrogens with one attached hydrogen (secondary N) is 2. The van der Waals surface area contributed by atoms with E-state index in [1.807, 2.05) is 6.92 Å². The Bertz CT molecular complexity index is 739. The molecular formula is C13H17N3O4S. The van der Waals surface area contributed by atoms with Gasteiger partial charge in [-0.1, -0.05) is 6.92 Å². The van der Waals surface area contributed by atoms with Gasteiger partial charge in [0.15, 0.2) is 0 Å². The number of hydrogen-bond donors (Lipinski definition) is 3. The number of H-pyrrole nitrogens is 1. The quantitative estimate of drug-likeness (QED) is 0.714. The topological polar surface area (TPSA) is 112 Å². The Morgan fingerprint density at radius 1 is 1.52 bits per heavy atom. The molecule has 3 N–H and O–H groups in total. The van der Waals surface area contributed by atoms with E-state index in [0.717, 1.165) is 0 Å². The molecule has 0 aliphatic heterocycles. The van der Waals surface area contributed by atoms with E-state index < -0.39 is 16.0 Å². The number of aromatic amines is 1. The predicted octanol–water partition coefficient (Wildman–Crippen LogP) is 1.34. The van der Waals surface area contributed by atoms with Crippen molar-refractivity contribution in [1.82, 2.24) is 14.7 Å². The van der Waals surface area contributed by atoms with E-state index in [-0.39, 0.29) is 23.8 Å². The standard InChI is InChI=1S/C13H17N3O4S/c1-9(4-5-12(17)18)7-16-21(19,20)11-8-15-13-10(11)3-2-6-14-13/h2-3,6,8-9,16H,4-5,7H2,1H3,(H,14,15)(H,17,18). The lowest BCUT2D eigenvalue weighted by atomic mass is 10.1. The van der Waals surface area contributed by atoms with E-state index in [1.54, 1.807) is 18.3 Å². The number of carboxylic acids is 1. The fraction of sp³-hybridized carbons (Fsp3) is 0.385. The monoisotopic (exact) mass is 311 g/mol. The second-order valence-electron chi connectivity index (χ2n) is 4.94. The number of fused-ring (bicyclic) bond motifs is 1. The molecule has 0 aromatic carbocycles. The van der Waals surface area contributed by atoms with Crippen LogP contribution in [0.25, 0.3) is 11.0 Å². The Hall–Kier alpha value is -1.93. The summed E-state index contributed by atoms with van der Waals surface area (Å²) in [6.45, 7) is 2.00. The van der Waals surface area contributed by atoms with Crippen LogP contribution < -0.4 is 4.72 Å². The van der Waals surface area contributed by atoms with Gasteiger partial charge in [-0.2, -0.15) is 0 Å². The van der Waals surface area contributed by atoms with Gasteiger partial charge in [-0.15, -0.1) is 0 Å². The van der Waals surface area contributed by atoms with Crippen LogP contribution in [0.3, 0.4) is 0 Å². The summed E-state index contributed by atoms with van der Waals surface area (Å²) >= 11 is 0. The third-order valence-electron chi connectivity index (χ3n) is 3.18. The summed E-state index contributed by atoms with van der Waals surface area (Å²) in [4.78, 5) is 17.5. The third kappa shape index (κ3) is 3.79. The van der Waals surface area contributed by atoms with Crippen molar-refractivity contribution in [2.75, 3.05) is 6.54 Å². The van der Waals surface area contributed by atoms with Gasteiger partial charge in [0.2, 0.25) is 10.0 Å². The zero-order valence-corrected chi connectivity index (χ0v) is 12.4. The highest BCUT2D eigenvalue weighted by Gasteiger charge is 2.20. The second-order valence-corrected chi connectivity index (χ2v) is 6.68. The SMILES string of the molecule is CC(CCC(=O)O)CNS(=O)(=O)c1c[nH]c2ncccc12. The van der Waals surface area contributed by atoms with Crippen LogP contribution in [0.1, 0.15) is 19.8 Å². The van der Waals surface area contributed by atoms with Crippen LogP contribution in [0.2, 0.25) is 0 Å². The van der Waals surface area contributed by atoms with E-state index in [2.05, 4.69) is 14.7 Å². The van der Waals surface area contributed by atoms with Crippen LogP contribution in [-0.2, 0) is 14.8 Å². The van der Waals surface area contributed by atoms with Gasteiger partial charge in [-0.3, -0.25) is 4.79 Å². The van der Waals surface area contributed by atoms with Crippen LogP contribution >= 0.6 is 0 Å². The molecule has 1 atom stereocenters. The molecule has 8 heteroatoms. The molecule has 0 saturated carbocycles. The van der Waals surface area contributed by atoms with E-state index >= 15 is 0 Å². The minimum atomic E-state index is -3.65. The van der Waals surface area contributed by atoms with Gasteiger partial charge < -0.3 is 10.1 Å². The Morgan fingerprint density at radius 3 is 3.00 bits per heavy atom. The molecule has 2 rings (SSSR count). The Kier molecular flexibility index (Phi) is 4.59. The molecule has 2 aromatic rings. The molecule has 0 spiro atoms. The van der Waals surface area contributed by atoms with E-state index in [4.69, 9.17) is 5.11 Å². The van der Waals surface area contributed by atoms with Crippen molar-refractivity contribution in [3.05, 3.63) is 24.5 Å². The highest BCUT2D eigenvalue weighted by atomic mass is 32.2. The Labute approximate surface area is 122 Å². The predicted molar refractivity (Wildman–Crippen MR) is 77.3 cm³/mol. The normalized spacial score (nSPS) is 13.4. The van der Waals surface area contributed by atoms with Gasteiger partial charge in [0, 0.05) is 30.7 Å². The highest BCUT2D eigenvalue weighted by Crippen LogP contribution is 2.20. The number of sulfonamides is 1. The van der Waals surface area contributed by atoms with Crippen LogP contribution in [0.15, 0.2) is 29.4 Å². The molecule has 7 nitrogen and oxygen atoms in total. The highest BCUT2D eigenvalue weighted by molar-refractivity contribution is 7.89. The maximum absolute atomic E-state index is 12.3. The van der Waals surface area contributed by atoms with Crippen molar-refractivity contribution in [3.63, 3.8) is 0 Å². The molecule has 0 radical (unpaired) electrons. The minimum Gasteiger partial charge on any atom is -0.481 e. The number of hydrogen-bond acceptors (Lipinski definition) is 4. The van der Waals surface area contributed by atoms with E-state index in [9.17, 15) is 13.2 Å². The number of carbonyl (C=O) groups is 1. The lowest BCUT2D eigenvalue weighted by Crippen LogP contribution is -2.28. The molecule has 0 saturated heterocycles. The van der Waals surface area contributed by atoms with Crippen molar-refractivity contribution in [2.45, 2.75) is 24.7 Å². The number of aliphatic carboxylic acids is 1. The summed E-state index contributed by atoms with van der Waals surface area (Å²) in [5, 5.41) is 9.14. The van der Waals surface area contributed by atoms with Crippen LogP contribution in [0, 0.1) is 5.92 Å². The molecule has 0 fully saturated rings. The van der Waals surface area contributed by atoms with Gasteiger partial charge in [0.25, 0.3) is 0 Å². The fourth-order valence-corrected chi connectivity index (χ4v) is 3.28. The van der Waals surface area contributed by atoms with E-state index in [0.29, 0.717) is 17.5 Å². The lowest BCUT2D eigenvalue weighted by molar-refractivity contribution is -0.137. The molecule has 0 aliphatic carbocycles. The van der Waals surface area contributed by atoms with Gasteiger partial charge >= 0.3 is 5.97 Å². The van der Waals surface area contributed by atoms with Crippen molar-refractivity contribution >= 4 is 27.0 Å². The third-order valence-corrected chi connectivity index (χ3v) is 4.64. The maximum atomic E-state index is 12.3. The van der Waals surface area contributed by atoms with Crippen LogP contribution in [0.4, 0.5) is 0 Å². The number of rotatable bonds is 7. The molecule has 114 valence electrons. The average Bonchev–Trinajstić information content (AvgIpc) is 2.87. The van der Waals surface area contributed by atoms with Gasteiger partial charge in [0.05, 0.1) is 0 Å². The maximum Gasteiger partial charge on any atom is 0.303 e. The molecular weight excluding hydrogens is 294 g/mol. The Balaban J connectivity index is 2.07. The molecule has 0 aliphatic rings. The van der Waals surface area contributed by atoms with Crippen molar-refractivity contribution in [3.8, 4) is 0 Å². The zero-order chi connectivity index (χ0) is 15.5. The molecule has 2 heterocycles. The van der Waals surface area contributed by atoms with Gasteiger partial charge in [0.1, 0.15) is 10.5 Å². The number of pyridine rings is 1. The summed E-state index contributed by atoms with van der Waals surface area (Å²) in [6, 6.07) is 3.35. The Morgan fingerprint density at radius 2 is 2.29 bits per heavy atom. The second kappa shape index (κ2) is 6.23. The van der Waals surface area contributed by atoms with Crippen molar-refractivity contribution in [2.24, 2.45) is 5.92 Å². The summed E-state index contributed by atoms with van der Waals surface area (Å²) in [5.74, 6) is -0.938. The first kappa shape index (κ1) is 15.5. The minimum absolute atomic E-state index is 0.0277. The summed E-state index contributed by atoms with van der Waals surface area (Å²) in [5.41, 5.74) is 0.511.